The number of amides is 2. The summed E-state index contributed by atoms with van der Waals surface area (Å²) < 4.78 is 7.83. The lowest BCUT2D eigenvalue weighted by atomic mass is 10.1. The van der Waals surface area contributed by atoms with E-state index in [9.17, 15) is 9.59 Å². The number of nitrogens with one attached hydrogen (secondary N) is 1. The van der Waals surface area contributed by atoms with Gasteiger partial charge in [0, 0.05) is 30.9 Å². The molecule has 0 spiro atoms. The second-order valence-corrected chi connectivity index (χ2v) is 8.09. The first kappa shape index (κ1) is 22.8. The zero-order valence-corrected chi connectivity index (χ0v) is 18.4. The van der Waals surface area contributed by atoms with Gasteiger partial charge in [0.2, 0.25) is 5.91 Å². The lowest BCUT2D eigenvalue weighted by Gasteiger charge is -2.24. The van der Waals surface area contributed by atoms with Crippen molar-refractivity contribution >= 4 is 11.8 Å². The fourth-order valence-electron chi connectivity index (χ4n) is 3.13. The first-order valence-electron chi connectivity index (χ1n) is 10.6. The van der Waals surface area contributed by atoms with Crippen molar-refractivity contribution in [3.8, 4) is 0 Å². The van der Waals surface area contributed by atoms with Crippen LogP contribution in [-0.2, 0) is 17.9 Å². The molecule has 1 unspecified atom stereocenters. The van der Waals surface area contributed by atoms with Crippen molar-refractivity contribution in [2.24, 2.45) is 5.92 Å². The lowest BCUT2D eigenvalue weighted by Crippen LogP contribution is -2.32. The molecular formula is C23H35N3O3. The summed E-state index contributed by atoms with van der Waals surface area (Å²) in [5.41, 5.74) is 1.05. The Morgan fingerprint density at radius 2 is 1.93 bits per heavy atom. The minimum absolute atomic E-state index is 0.111. The third-order valence-corrected chi connectivity index (χ3v) is 4.91. The van der Waals surface area contributed by atoms with Gasteiger partial charge in [-0.3, -0.25) is 9.59 Å². The van der Waals surface area contributed by atoms with Gasteiger partial charge in [0.1, 0.15) is 5.76 Å². The van der Waals surface area contributed by atoms with E-state index in [-0.39, 0.29) is 17.9 Å². The Balaban J connectivity index is 2.06. The molecule has 2 amide bonds. The van der Waals surface area contributed by atoms with Crippen LogP contribution in [0, 0.1) is 5.92 Å². The summed E-state index contributed by atoms with van der Waals surface area (Å²) in [6.07, 6.45) is 4.34. The Hall–Kier alpha value is -2.50. The monoisotopic (exact) mass is 401 g/mol. The number of carbonyl (C=O) groups is 2. The molecule has 2 rings (SSSR count). The van der Waals surface area contributed by atoms with Gasteiger partial charge in [-0.1, -0.05) is 27.7 Å². The molecule has 0 radical (unpaired) electrons. The molecule has 29 heavy (non-hydrogen) atoms. The van der Waals surface area contributed by atoms with Gasteiger partial charge in [-0.2, -0.15) is 0 Å². The maximum atomic E-state index is 12.6. The van der Waals surface area contributed by atoms with Gasteiger partial charge in [0.25, 0.3) is 5.91 Å². The number of nitrogens with zero attached hydrogens (tertiary/aromatic N) is 2. The molecule has 6 nitrogen and oxygen atoms in total. The molecule has 6 heteroatoms. The third kappa shape index (κ3) is 6.80. The summed E-state index contributed by atoms with van der Waals surface area (Å²) >= 11 is 0. The van der Waals surface area contributed by atoms with Crippen LogP contribution in [0.2, 0.25) is 0 Å². The molecule has 160 valence electrons. The highest BCUT2D eigenvalue weighted by molar-refractivity contribution is 5.91. The van der Waals surface area contributed by atoms with Crippen molar-refractivity contribution in [3.05, 3.63) is 47.7 Å². The molecule has 0 aliphatic rings. The predicted molar refractivity (Wildman–Crippen MR) is 115 cm³/mol. The number of rotatable bonds is 11. The fourth-order valence-corrected chi connectivity index (χ4v) is 3.13. The van der Waals surface area contributed by atoms with Crippen LogP contribution in [0.3, 0.4) is 0 Å². The topological polar surface area (TPSA) is 67.5 Å². The Labute approximate surface area is 174 Å². The van der Waals surface area contributed by atoms with Gasteiger partial charge < -0.3 is 19.2 Å². The number of furan rings is 1. The molecular weight excluding hydrogens is 366 g/mol. The minimum atomic E-state index is -0.188. The summed E-state index contributed by atoms with van der Waals surface area (Å²) in [5, 5.41) is 2.91. The highest BCUT2D eigenvalue weighted by Crippen LogP contribution is 2.15. The molecule has 0 aliphatic heterocycles. The quantitative estimate of drug-likeness (QED) is 0.605. The summed E-state index contributed by atoms with van der Waals surface area (Å²) in [5.74, 6) is 1.39. The van der Waals surface area contributed by atoms with E-state index in [1.54, 1.807) is 6.07 Å². The fraction of sp³-hybridized carbons (Fsp3) is 0.565. The number of aromatic nitrogens is 1. The van der Waals surface area contributed by atoms with Gasteiger partial charge in [-0.05, 0) is 49.9 Å². The SMILES string of the molecule is CCCN(Cc1cccn1Cc1ccc(C(=O)NC(C)CC)o1)C(=O)CC(C)C. The molecule has 1 atom stereocenters. The van der Waals surface area contributed by atoms with Gasteiger partial charge in [0.05, 0.1) is 13.1 Å². The minimum Gasteiger partial charge on any atom is -0.454 e. The van der Waals surface area contributed by atoms with Crippen molar-refractivity contribution in [1.82, 2.24) is 14.8 Å². The van der Waals surface area contributed by atoms with Crippen molar-refractivity contribution in [3.63, 3.8) is 0 Å². The average Bonchev–Trinajstić information content (AvgIpc) is 3.30. The van der Waals surface area contributed by atoms with Gasteiger partial charge in [-0.25, -0.2) is 0 Å². The molecule has 1 N–H and O–H groups in total. The lowest BCUT2D eigenvalue weighted by molar-refractivity contribution is -0.132. The van der Waals surface area contributed by atoms with Crippen LogP contribution in [0.5, 0.6) is 0 Å². The van der Waals surface area contributed by atoms with Gasteiger partial charge in [0.15, 0.2) is 5.76 Å². The van der Waals surface area contributed by atoms with E-state index in [0.717, 1.165) is 25.1 Å². The van der Waals surface area contributed by atoms with Crippen molar-refractivity contribution in [1.29, 1.82) is 0 Å². The molecule has 0 saturated heterocycles. The zero-order chi connectivity index (χ0) is 21.4. The largest absolute Gasteiger partial charge is 0.454 e. The molecule has 2 heterocycles. The first-order valence-corrected chi connectivity index (χ1v) is 10.6. The van der Waals surface area contributed by atoms with E-state index in [1.807, 2.05) is 43.1 Å². The van der Waals surface area contributed by atoms with Crippen LogP contribution in [0.1, 0.15) is 75.9 Å². The number of carbonyl (C=O) groups excluding carboxylic acids is 2. The Morgan fingerprint density at radius 1 is 1.17 bits per heavy atom. The van der Waals surface area contributed by atoms with Crippen LogP contribution in [0.25, 0.3) is 0 Å². The van der Waals surface area contributed by atoms with Gasteiger partial charge in [-0.15, -0.1) is 0 Å². The number of hydrogen-bond donors (Lipinski definition) is 1. The van der Waals surface area contributed by atoms with Crippen molar-refractivity contribution < 1.29 is 14.0 Å². The summed E-state index contributed by atoms with van der Waals surface area (Å²) in [4.78, 5) is 26.7. The Bertz CT molecular complexity index is 791. The van der Waals surface area contributed by atoms with E-state index in [4.69, 9.17) is 4.42 Å². The van der Waals surface area contributed by atoms with E-state index in [1.165, 1.54) is 0 Å². The third-order valence-electron chi connectivity index (χ3n) is 4.91. The molecule has 0 saturated carbocycles. The predicted octanol–water partition coefficient (Wildman–Crippen LogP) is 4.44. The second kappa shape index (κ2) is 10.9. The summed E-state index contributed by atoms with van der Waals surface area (Å²) in [6.45, 7) is 12.1. The van der Waals surface area contributed by atoms with E-state index in [0.29, 0.717) is 36.9 Å². The van der Waals surface area contributed by atoms with E-state index >= 15 is 0 Å². The van der Waals surface area contributed by atoms with E-state index < -0.39 is 0 Å². The first-order chi connectivity index (χ1) is 13.8. The molecule has 0 aliphatic carbocycles. The highest BCUT2D eigenvalue weighted by atomic mass is 16.4. The van der Waals surface area contributed by atoms with Crippen molar-refractivity contribution in [2.75, 3.05) is 6.54 Å². The Kier molecular flexibility index (Phi) is 8.55. The van der Waals surface area contributed by atoms with Crippen molar-refractivity contribution in [2.45, 2.75) is 73.0 Å². The number of hydrogen-bond acceptors (Lipinski definition) is 3. The highest BCUT2D eigenvalue weighted by Gasteiger charge is 2.17. The molecule has 2 aromatic rings. The smallest absolute Gasteiger partial charge is 0.287 e. The second-order valence-electron chi connectivity index (χ2n) is 8.09. The molecule has 0 fully saturated rings. The maximum absolute atomic E-state index is 12.6. The molecule has 2 aromatic heterocycles. The van der Waals surface area contributed by atoms with Gasteiger partial charge >= 0.3 is 0 Å². The summed E-state index contributed by atoms with van der Waals surface area (Å²) in [7, 11) is 0. The van der Waals surface area contributed by atoms with Crippen LogP contribution in [0.15, 0.2) is 34.9 Å². The Morgan fingerprint density at radius 3 is 2.59 bits per heavy atom. The summed E-state index contributed by atoms with van der Waals surface area (Å²) in [6, 6.07) is 7.67. The van der Waals surface area contributed by atoms with Crippen LogP contribution in [0.4, 0.5) is 0 Å². The molecule has 0 aromatic carbocycles. The normalized spacial score (nSPS) is 12.2. The maximum Gasteiger partial charge on any atom is 0.287 e. The van der Waals surface area contributed by atoms with Crippen LogP contribution >= 0.6 is 0 Å². The standard InChI is InChI=1S/C23H35N3O3/c1-6-12-26(22(27)14-17(3)4)15-19-9-8-13-25(19)16-20-10-11-21(29-20)23(28)24-18(5)7-2/h8-11,13,17-18H,6-7,12,14-16H2,1-5H3,(H,24,28). The average molecular weight is 402 g/mol. The molecule has 0 bridgehead atoms. The zero-order valence-electron chi connectivity index (χ0n) is 18.4. The van der Waals surface area contributed by atoms with E-state index in [2.05, 4.69) is 30.7 Å². The van der Waals surface area contributed by atoms with Crippen LogP contribution in [-0.4, -0.2) is 33.9 Å². The van der Waals surface area contributed by atoms with Crippen LogP contribution < -0.4 is 5.32 Å².